The molecule has 3 heterocycles. The molecule has 0 spiro atoms. The molecule has 17 heavy (non-hydrogen) atoms. The molecule has 1 aliphatic heterocycles. The number of nitrogens with one attached hydrogen (secondary N) is 1. The Balaban J connectivity index is 2.14. The van der Waals surface area contributed by atoms with Gasteiger partial charge in [-0.25, -0.2) is 9.66 Å². The first-order chi connectivity index (χ1) is 8.25. The summed E-state index contributed by atoms with van der Waals surface area (Å²) < 4.78 is 3.73. The molecule has 1 fully saturated rings. The zero-order valence-corrected chi connectivity index (χ0v) is 11.7. The minimum Gasteiger partial charge on any atom is -0.328 e. The third-order valence-corrected chi connectivity index (χ3v) is 3.79. The van der Waals surface area contributed by atoms with Gasteiger partial charge in [0.05, 0.1) is 5.52 Å². The molecule has 1 saturated heterocycles. The number of aromatic nitrogens is 3. The van der Waals surface area contributed by atoms with Crippen LogP contribution in [0, 0.1) is 4.77 Å². The normalized spacial score (nSPS) is 16.6. The van der Waals surface area contributed by atoms with Gasteiger partial charge in [-0.1, -0.05) is 0 Å². The second kappa shape index (κ2) is 4.42. The molecule has 0 radical (unpaired) electrons. The molecule has 0 bridgehead atoms. The van der Waals surface area contributed by atoms with Crippen LogP contribution in [0.3, 0.4) is 0 Å². The maximum Gasteiger partial charge on any atom is 0.198 e. The van der Waals surface area contributed by atoms with Crippen molar-refractivity contribution in [2.75, 3.05) is 18.1 Å². The Kier molecular flexibility index (Phi) is 2.92. The summed E-state index contributed by atoms with van der Waals surface area (Å²) in [5.41, 5.74) is 1.90. The zero-order valence-electron chi connectivity index (χ0n) is 9.32. The summed E-state index contributed by atoms with van der Waals surface area (Å²) in [4.78, 5) is 7.66. The molecule has 2 aromatic rings. The Morgan fingerprint density at radius 1 is 1.29 bits per heavy atom. The molecule has 90 valence electrons. The lowest BCUT2D eigenvalue weighted by molar-refractivity contribution is 0.481. The molecule has 1 N–H and O–H groups in total. The Bertz CT molecular complexity index is 597. The number of rotatable bonds is 1. The van der Waals surface area contributed by atoms with Gasteiger partial charge in [-0.05, 0) is 53.5 Å². The number of H-pyrrole nitrogens is 1. The van der Waals surface area contributed by atoms with Gasteiger partial charge in [0.2, 0.25) is 0 Å². The van der Waals surface area contributed by atoms with E-state index < -0.39 is 0 Å². The van der Waals surface area contributed by atoms with E-state index in [0.29, 0.717) is 0 Å². The number of imidazole rings is 1. The van der Waals surface area contributed by atoms with E-state index in [1.54, 1.807) is 0 Å². The maximum absolute atomic E-state index is 5.39. The minimum absolute atomic E-state index is 0.729. The highest BCUT2D eigenvalue weighted by molar-refractivity contribution is 9.10. The van der Waals surface area contributed by atoms with Crippen molar-refractivity contribution in [2.24, 2.45) is 0 Å². The molecular weight excluding hydrogens is 300 g/mol. The average molecular weight is 313 g/mol. The number of fused-ring (bicyclic) bond motifs is 1. The molecule has 6 heteroatoms. The SMILES string of the molecule is S=c1[nH]c2cc(Br)cnc2n1N1CCCCC1. The highest BCUT2D eigenvalue weighted by Gasteiger charge is 2.15. The molecule has 0 aliphatic carbocycles. The van der Waals surface area contributed by atoms with E-state index in [2.05, 4.69) is 30.9 Å². The Morgan fingerprint density at radius 2 is 2.06 bits per heavy atom. The van der Waals surface area contributed by atoms with Crippen LogP contribution in [0.15, 0.2) is 16.7 Å². The van der Waals surface area contributed by atoms with E-state index in [1.165, 1.54) is 19.3 Å². The number of halogens is 1. The summed E-state index contributed by atoms with van der Waals surface area (Å²) in [6.07, 6.45) is 5.58. The van der Waals surface area contributed by atoms with Crippen molar-refractivity contribution >= 4 is 39.3 Å². The highest BCUT2D eigenvalue weighted by atomic mass is 79.9. The molecule has 0 saturated carbocycles. The smallest absolute Gasteiger partial charge is 0.198 e. The molecule has 4 nitrogen and oxygen atoms in total. The fourth-order valence-electron chi connectivity index (χ4n) is 2.30. The molecule has 1 aliphatic rings. The van der Waals surface area contributed by atoms with Gasteiger partial charge in [-0.3, -0.25) is 0 Å². The van der Waals surface area contributed by atoms with Gasteiger partial charge in [-0.2, -0.15) is 0 Å². The van der Waals surface area contributed by atoms with Crippen molar-refractivity contribution in [2.45, 2.75) is 19.3 Å². The monoisotopic (exact) mass is 312 g/mol. The number of nitrogens with zero attached hydrogens (tertiary/aromatic N) is 3. The van der Waals surface area contributed by atoms with Gasteiger partial charge in [0, 0.05) is 23.8 Å². The van der Waals surface area contributed by atoms with Crippen molar-refractivity contribution in [3.63, 3.8) is 0 Å². The van der Waals surface area contributed by atoms with E-state index >= 15 is 0 Å². The van der Waals surface area contributed by atoms with Crippen LogP contribution >= 0.6 is 28.1 Å². The summed E-state index contributed by atoms with van der Waals surface area (Å²) >= 11 is 8.81. The van der Waals surface area contributed by atoms with Crippen molar-refractivity contribution < 1.29 is 0 Å². The highest BCUT2D eigenvalue weighted by Crippen LogP contribution is 2.18. The molecule has 3 rings (SSSR count). The van der Waals surface area contributed by atoms with Gasteiger partial charge in [0.15, 0.2) is 10.4 Å². The van der Waals surface area contributed by atoms with Crippen LogP contribution in [0.25, 0.3) is 11.2 Å². The number of aromatic amines is 1. The first kappa shape index (κ1) is 11.2. The van der Waals surface area contributed by atoms with Crippen molar-refractivity contribution in [1.29, 1.82) is 0 Å². The van der Waals surface area contributed by atoms with Gasteiger partial charge in [0.1, 0.15) is 0 Å². The third-order valence-electron chi connectivity index (χ3n) is 3.08. The Hall–Kier alpha value is -0.880. The van der Waals surface area contributed by atoms with E-state index in [9.17, 15) is 0 Å². The molecular formula is C11H13BrN4S. The summed E-state index contributed by atoms with van der Waals surface area (Å²) in [6.45, 7) is 2.11. The van der Waals surface area contributed by atoms with Crippen molar-refractivity contribution in [3.8, 4) is 0 Å². The molecule has 0 amide bonds. The van der Waals surface area contributed by atoms with Crippen molar-refractivity contribution in [1.82, 2.24) is 14.6 Å². The van der Waals surface area contributed by atoms with Crippen LogP contribution in [0.1, 0.15) is 19.3 Å². The van der Waals surface area contributed by atoms with E-state index in [1.807, 2.05) is 16.9 Å². The van der Waals surface area contributed by atoms with Crippen LogP contribution in [0.2, 0.25) is 0 Å². The van der Waals surface area contributed by atoms with Crippen molar-refractivity contribution in [3.05, 3.63) is 21.5 Å². The van der Waals surface area contributed by atoms with Gasteiger partial charge in [0.25, 0.3) is 0 Å². The second-order valence-electron chi connectivity index (χ2n) is 4.28. The fourth-order valence-corrected chi connectivity index (χ4v) is 2.94. The van der Waals surface area contributed by atoms with Crippen LogP contribution < -0.4 is 5.01 Å². The lowest BCUT2D eigenvalue weighted by Crippen LogP contribution is -2.39. The molecule has 0 atom stereocenters. The third kappa shape index (κ3) is 1.99. The van der Waals surface area contributed by atoms with E-state index in [-0.39, 0.29) is 0 Å². The lowest BCUT2D eigenvalue weighted by Gasteiger charge is -2.29. The van der Waals surface area contributed by atoms with Crippen LogP contribution in [-0.2, 0) is 0 Å². The number of hydrogen-bond donors (Lipinski definition) is 1. The van der Waals surface area contributed by atoms with Crippen LogP contribution in [-0.4, -0.2) is 27.7 Å². The second-order valence-corrected chi connectivity index (χ2v) is 5.58. The molecule has 2 aromatic heterocycles. The Labute approximate surface area is 113 Å². The number of pyridine rings is 1. The average Bonchev–Trinajstić information content (AvgIpc) is 2.65. The largest absolute Gasteiger partial charge is 0.328 e. The molecule has 0 aromatic carbocycles. The van der Waals surface area contributed by atoms with Gasteiger partial charge in [-0.15, -0.1) is 0 Å². The number of hydrogen-bond acceptors (Lipinski definition) is 3. The van der Waals surface area contributed by atoms with E-state index in [0.717, 1.165) is 33.5 Å². The standard InChI is InChI=1S/C11H13BrN4S/c12-8-6-9-10(13-7-8)16(11(17)14-9)15-4-2-1-3-5-15/h6-7H,1-5H2,(H,14,17). The van der Waals surface area contributed by atoms with E-state index in [4.69, 9.17) is 12.2 Å². The first-order valence-electron chi connectivity index (χ1n) is 5.77. The van der Waals surface area contributed by atoms with Crippen LogP contribution in [0.4, 0.5) is 0 Å². The molecule has 0 unspecified atom stereocenters. The van der Waals surface area contributed by atoms with Gasteiger partial charge >= 0.3 is 0 Å². The Morgan fingerprint density at radius 3 is 2.82 bits per heavy atom. The lowest BCUT2D eigenvalue weighted by atomic mass is 10.2. The topological polar surface area (TPSA) is 36.9 Å². The quantitative estimate of drug-likeness (QED) is 0.823. The predicted octanol–water partition coefficient (Wildman–Crippen LogP) is 2.98. The maximum atomic E-state index is 5.39. The first-order valence-corrected chi connectivity index (χ1v) is 6.97. The predicted molar refractivity (Wildman–Crippen MR) is 74.4 cm³/mol. The number of piperidine rings is 1. The summed E-state index contributed by atoms with van der Waals surface area (Å²) in [5.74, 6) is 0. The summed E-state index contributed by atoms with van der Waals surface area (Å²) in [5, 5.41) is 2.28. The fraction of sp³-hybridized carbons (Fsp3) is 0.455. The van der Waals surface area contributed by atoms with Crippen LogP contribution in [0.5, 0.6) is 0 Å². The summed E-state index contributed by atoms with van der Waals surface area (Å²) in [7, 11) is 0. The zero-order chi connectivity index (χ0) is 11.8. The van der Waals surface area contributed by atoms with Gasteiger partial charge < -0.3 is 9.99 Å². The summed E-state index contributed by atoms with van der Waals surface area (Å²) in [6, 6.07) is 2.01. The minimum atomic E-state index is 0.729.